The van der Waals surface area contributed by atoms with Crippen molar-refractivity contribution < 1.29 is 4.90 Å². The Labute approximate surface area is 179 Å². The maximum absolute atomic E-state index is 13.0. The number of rotatable bonds is 5. The number of nitrogens with one attached hydrogen (secondary N) is 1. The molecule has 0 spiro atoms. The third-order valence-electron chi connectivity index (χ3n) is 5.91. The second kappa shape index (κ2) is 8.73. The smallest absolute Gasteiger partial charge is 0.332 e. The number of quaternary nitrogens is 1. The summed E-state index contributed by atoms with van der Waals surface area (Å²) in [6, 6.07) is 7.91. The van der Waals surface area contributed by atoms with Gasteiger partial charge in [-0.15, -0.1) is 0 Å². The van der Waals surface area contributed by atoms with Gasteiger partial charge >= 0.3 is 5.69 Å². The minimum atomic E-state index is -0.379. The molecule has 1 aliphatic heterocycles. The van der Waals surface area contributed by atoms with Gasteiger partial charge in [-0.3, -0.25) is 13.9 Å². The van der Waals surface area contributed by atoms with Crippen LogP contribution in [0.2, 0.25) is 0 Å². The molecule has 4 rings (SSSR count). The lowest BCUT2D eigenvalue weighted by molar-refractivity contribution is -0.902. The second-order valence-electron chi connectivity index (χ2n) is 7.98. The summed E-state index contributed by atoms with van der Waals surface area (Å²) in [6.07, 6.45) is 3.91. The van der Waals surface area contributed by atoms with E-state index in [4.69, 9.17) is 4.98 Å². The van der Waals surface area contributed by atoms with Gasteiger partial charge in [0.1, 0.15) is 10.4 Å². The van der Waals surface area contributed by atoms with Gasteiger partial charge in [-0.25, -0.2) is 14.8 Å². The van der Waals surface area contributed by atoms with Crippen molar-refractivity contribution in [2.75, 3.05) is 25.4 Å². The Bertz CT molecular complexity index is 1190. The molecule has 2 aromatic heterocycles. The molecule has 0 amide bonds. The molecule has 3 heterocycles. The normalized spacial score (nSPS) is 15.0. The summed E-state index contributed by atoms with van der Waals surface area (Å²) in [7, 11) is 3.16. The first-order valence-electron chi connectivity index (χ1n) is 10.5. The summed E-state index contributed by atoms with van der Waals surface area (Å²) in [5, 5.41) is 1.08. The highest BCUT2D eigenvalue weighted by Gasteiger charge is 2.20. The first-order valence-corrected chi connectivity index (χ1v) is 11.5. The van der Waals surface area contributed by atoms with Crippen LogP contribution in [0.25, 0.3) is 22.4 Å². The van der Waals surface area contributed by atoms with Crippen LogP contribution in [0.5, 0.6) is 0 Å². The largest absolute Gasteiger partial charge is 0.334 e. The average Bonchev–Trinajstić information content (AvgIpc) is 2.77. The van der Waals surface area contributed by atoms with E-state index < -0.39 is 0 Å². The molecule has 158 valence electrons. The highest BCUT2D eigenvalue weighted by atomic mass is 32.2. The van der Waals surface area contributed by atoms with E-state index in [9.17, 15) is 9.59 Å². The third-order valence-corrected chi connectivity index (χ3v) is 6.88. The average molecular weight is 427 g/mol. The number of likely N-dealkylation sites (tertiary alicyclic amines) is 1. The molecule has 0 saturated carbocycles. The van der Waals surface area contributed by atoms with Gasteiger partial charge in [-0.2, -0.15) is 0 Å². The molecule has 7 nitrogen and oxygen atoms in total. The van der Waals surface area contributed by atoms with Crippen LogP contribution in [0.4, 0.5) is 0 Å². The number of thioether (sulfide) groups is 1. The van der Waals surface area contributed by atoms with Crippen molar-refractivity contribution in [3.05, 3.63) is 50.7 Å². The first-order chi connectivity index (χ1) is 14.5. The van der Waals surface area contributed by atoms with E-state index in [2.05, 4.69) is 4.98 Å². The zero-order valence-corrected chi connectivity index (χ0v) is 18.6. The standard InChI is InChI=1S/C22H27N5O2S/c1-15-9-5-6-10-16(15)18-23-19-17(21(28)26(3)22(29)25(19)2)20(24-18)30-14-13-27-11-7-4-8-12-27/h5-6,9-10H,4,7-8,11-14H2,1-3H3/p+1. The van der Waals surface area contributed by atoms with Crippen LogP contribution < -0.4 is 16.1 Å². The van der Waals surface area contributed by atoms with Crippen molar-refractivity contribution in [3.63, 3.8) is 0 Å². The van der Waals surface area contributed by atoms with E-state index in [1.54, 1.807) is 23.7 Å². The molecule has 1 aromatic carbocycles. The number of piperidine rings is 1. The lowest BCUT2D eigenvalue weighted by Crippen LogP contribution is -3.13. The highest BCUT2D eigenvalue weighted by Crippen LogP contribution is 2.27. The SMILES string of the molecule is Cc1ccccc1-c1nc(SCC[NH+]2CCCCC2)c2c(=O)n(C)c(=O)n(C)c2n1. The number of nitrogens with zero attached hydrogens (tertiary/aromatic N) is 4. The number of fused-ring (bicyclic) bond motifs is 1. The van der Waals surface area contributed by atoms with Crippen LogP contribution in [0, 0.1) is 6.92 Å². The van der Waals surface area contributed by atoms with Crippen LogP contribution in [0.15, 0.2) is 38.9 Å². The zero-order valence-electron chi connectivity index (χ0n) is 17.8. The number of aryl methyl sites for hydroxylation is 2. The van der Waals surface area contributed by atoms with Crippen molar-refractivity contribution in [3.8, 4) is 11.4 Å². The molecule has 1 N–H and O–H groups in total. The quantitative estimate of drug-likeness (QED) is 0.490. The van der Waals surface area contributed by atoms with Crippen LogP contribution in [-0.4, -0.2) is 44.5 Å². The summed E-state index contributed by atoms with van der Waals surface area (Å²) in [5.74, 6) is 1.43. The van der Waals surface area contributed by atoms with E-state index in [0.29, 0.717) is 21.9 Å². The van der Waals surface area contributed by atoms with Crippen LogP contribution in [0.3, 0.4) is 0 Å². The fourth-order valence-electron chi connectivity index (χ4n) is 4.07. The molecule has 0 aliphatic carbocycles. The van der Waals surface area contributed by atoms with Gasteiger partial charge in [-0.1, -0.05) is 36.0 Å². The molecule has 0 radical (unpaired) electrons. The summed E-state index contributed by atoms with van der Waals surface area (Å²) < 4.78 is 2.58. The molecule has 0 unspecified atom stereocenters. The number of benzene rings is 1. The van der Waals surface area contributed by atoms with Gasteiger partial charge in [-0.05, 0) is 31.7 Å². The van der Waals surface area contributed by atoms with Crippen molar-refractivity contribution in [1.82, 2.24) is 19.1 Å². The molecular weight excluding hydrogens is 398 g/mol. The Kier molecular flexibility index (Phi) is 6.06. The molecule has 0 bridgehead atoms. The van der Waals surface area contributed by atoms with Gasteiger partial charge in [0, 0.05) is 25.4 Å². The van der Waals surface area contributed by atoms with Crippen LogP contribution in [0.1, 0.15) is 24.8 Å². The number of hydrogen-bond donors (Lipinski definition) is 1. The van der Waals surface area contributed by atoms with Gasteiger partial charge in [0.25, 0.3) is 5.56 Å². The minimum absolute atomic E-state index is 0.336. The molecule has 3 aromatic rings. The molecule has 30 heavy (non-hydrogen) atoms. The Morgan fingerprint density at radius 1 is 1.03 bits per heavy atom. The van der Waals surface area contributed by atoms with Crippen molar-refractivity contribution >= 4 is 22.8 Å². The van der Waals surface area contributed by atoms with Gasteiger partial charge in [0.05, 0.1) is 19.6 Å². The number of hydrogen-bond acceptors (Lipinski definition) is 5. The Morgan fingerprint density at radius 3 is 2.50 bits per heavy atom. The van der Waals surface area contributed by atoms with E-state index in [-0.39, 0.29) is 11.2 Å². The van der Waals surface area contributed by atoms with Crippen molar-refractivity contribution in [2.24, 2.45) is 14.1 Å². The van der Waals surface area contributed by atoms with E-state index in [1.165, 1.54) is 44.0 Å². The molecule has 8 heteroatoms. The summed E-state index contributed by atoms with van der Waals surface area (Å²) in [6.45, 7) is 5.49. The van der Waals surface area contributed by atoms with Gasteiger partial charge < -0.3 is 4.90 Å². The third kappa shape index (κ3) is 3.94. The summed E-state index contributed by atoms with van der Waals surface area (Å²) in [4.78, 5) is 36.5. The van der Waals surface area contributed by atoms with E-state index in [0.717, 1.165) is 28.0 Å². The summed E-state index contributed by atoms with van der Waals surface area (Å²) in [5.41, 5.74) is 1.65. The van der Waals surface area contributed by atoms with Crippen molar-refractivity contribution in [1.29, 1.82) is 0 Å². The second-order valence-corrected chi connectivity index (χ2v) is 9.06. The molecular formula is C22H28N5O2S+. The fourth-order valence-corrected chi connectivity index (χ4v) is 5.13. The molecule has 0 atom stereocenters. The number of aromatic nitrogens is 4. The fraction of sp³-hybridized carbons (Fsp3) is 0.455. The zero-order chi connectivity index (χ0) is 21.3. The Morgan fingerprint density at radius 2 is 1.77 bits per heavy atom. The Hall–Kier alpha value is -2.45. The summed E-state index contributed by atoms with van der Waals surface area (Å²) >= 11 is 1.60. The predicted octanol–water partition coefficient (Wildman–Crippen LogP) is 1.16. The van der Waals surface area contributed by atoms with Crippen LogP contribution in [-0.2, 0) is 14.1 Å². The topological polar surface area (TPSA) is 74.2 Å². The van der Waals surface area contributed by atoms with E-state index in [1.807, 2.05) is 31.2 Å². The van der Waals surface area contributed by atoms with Gasteiger partial charge in [0.2, 0.25) is 0 Å². The molecule has 1 aliphatic rings. The Balaban J connectivity index is 1.80. The van der Waals surface area contributed by atoms with E-state index >= 15 is 0 Å². The van der Waals surface area contributed by atoms with Crippen LogP contribution >= 0.6 is 11.8 Å². The lowest BCUT2D eigenvalue weighted by Gasteiger charge is -2.23. The maximum Gasteiger partial charge on any atom is 0.332 e. The maximum atomic E-state index is 13.0. The van der Waals surface area contributed by atoms with Gasteiger partial charge in [0.15, 0.2) is 11.5 Å². The monoisotopic (exact) mass is 426 g/mol. The predicted molar refractivity (Wildman–Crippen MR) is 120 cm³/mol. The van der Waals surface area contributed by atoms with Crippen molar-refractivity contribution in [2.45, 2.75) is 31.2 Å². The minimum Gasteiger partial charge on any atom is -0.334 e. The lowest BCUT2D eigenvalue weighted by atomic mass is 10.1. The molecule has 1 saturated heterocycles. The molecule has 1 fully saturated rings. The first kappa shape index (κ1) is 20.8. The highest BCUT2D eigenvalue weighted by molar-refractivity contribution is 7.99.